The van der Waals surface area contributed by atoms with Gasteiger partial charge in [0.05, 0.1) is 0 Å². The molecule has 4 nitrogen and oxygen atoms in total. The third-order valence-corrected chi connectivity index (χ3v) is 3.27. The van der Waals surface area contributed by atoms with Crippen molar-refractivity contribution >= 4 is 28.9 Å². The van der Waals surface area contributed by atoms with Crippen LogP contribution in [0.4, 0.5) is 11.4 Å². The SMILES string of the molecule is Cc1cc(OCC(=O)Nc2cccc(Cl)c2)c(C)cc1N. The predicted octanol–water partition coefficient (Wildman–Crippen LogP) is 3.56. The number of nitrogens with two attached hydrogens (primary N) is 1. The molecule has 0 fully saturated rings. The summed E-state index contributed by atoms with van der Waals surface area (Å²) in [6, 6.07) is 10.6. The maximum absolute atomic E-state index is 11.9. The summed E-state index contributed by atoms with van der Waals surface area (Å²) in [6.07, 6.45) is 0. The van der Waals surface area contributed by atoms with E-state index in [9.17, 15) is 4.79 Å². The average molecular weight is 305 g/mol. The number of halogens is 1. The van der Waals surface area contributed by atoms with Crippen molar-refractivity contribution in [3.8, 4) is 5.75 Å². The van der Waals surface area contributed by atoms with Gasteiger partial charge in [-0.05, 0) is 55.3 Å². The average Bonchev–Trinajstić information content (AvgIpc) is 2.41. The van der Waals surface area contributed by atoms with Crippen molar-refractivity contribution in [3.05, 3.63) is 52.5 Å². The van der Waals surface area contributed by atoms with Crippen LogP contribution < -0.4 is 15.8 Å². The van der Waals surface area contributed by atoms with Gasteiger partial charge in [-0.2, -0.15) is 0 Å². The second-order valence-electron chi connectivity index (χ2n) is 4.82. The maximum Gasteiger partial charge on any atom is 0.262 e. The minimum absolute atomic E-state index is 0.0727. The fourth-order valence-electron chi connectivity index (χ4n) is 1.87. The van der Waals surface area contributed by atoms with Crippen LogP contribution in [0.25, 0.3) is 0 Å². The molecule has 2 aromatic rings. The summed E-state index contributed by atoms with van der Waals surface area (Å²) in [7, 11) is 0. The second-order valence-corrected chi connectivity index (χ2v) is 5.26. The zero-order valence-electron chi connectivity index (χ0n) is 11.9. The van der Waals surface area contributed by atoms with Gasteiger partial charge in [-0.1, -0.05) is 17.7 Å². The molecule has 21 heavy (non-hydrogen) atoms. The Morgan fingerprint density at radius 2 is 2.00 bits per heavy atom. The van der Waals surface area contributed by atoms with Gasteiger partial charge in [0.25, 0.3) is 5.91 Å². The highest BCUT2D eigenvalue weighted by molar-refractivity contribution is 6.30. The lowest BCUT2D eigenvalue weighted by atomic mass is 10.1. The van der Waals surface area contributed by atoms with E-state index in [2.05, 4.69) is 5.32 Å². The standard InChI is InChI=1S/C16H17ClN2O2/c1-10-7-15(11(2)6-14(10)18)21-9-16(20)19-13-5-3-4-12(17)8-13/h3-8H,9,18H2,1-2H3,(H,19,20). The molecule has 5 heteroatoms. The van der Waals surface area contributed by atoms with Crippen LogP contribution in [0.5, 0.6) is 5.75 Å². The van der Waals surface area contributed by atoms with Crippen molar-refractivity contribution in [2.45, 2.75) is 13.8 Å². The molecule has 0 saturated carbocycles. The first kappa shape index (κ1) is 15.2. The normalized spacial score (nSPS) is 10.2. The van der Waals surface area contributed by atoms with Crippen LogP contribution in [0.3, 0.4) is 0 Å². The Hall–Kier alpha value is -2.20. The second kappa shape index (κ2) is 6.50. The number of carbonyl (C=O) groups excluding carboxylic acids is 1. The summed E-state index contributed by atoms with van der Waals surface area (Å²) in [6.45, 7) is 3.71. The minimum atomic E-state index is -0.244. The van der Waals surface area contributed by atoms with Gasteiger partial charge in [-0.3, -0.25) is 4.79 Å². The van der Waals surface area contributed by atoms with Crippen LogP contribution in [0.1, 0.15) is 11.1 Å². The van der Waals surface area contributed by atoms with Crippen LogP contribution in [0.15, 0.2) is 36.4 Å². The molecule has 110 valence electrons. The molecule has 0 spiro atoms. The van der Waals surface area contributed by atoms with Crippen LogP contribution in [0.2, 0.25) is 5.02 Å². The van der Waals surface area contributed by atoms with Crippen molar-refractivity contribution in [3.63, 3.8) is 0 Å². The zero-order chi connectivity index (χ0) is 15.4. The van der Waals surface area contributed by atoms with Crippen molar-refractivity contribution in [2.75, 3.05) is 17.7 Å². The first-order valence-corrected chi connectivity index (χ1v) is 6.88. The number of nitrogens with one attached hydrogen (secondary N) is 1. The van der Waals surface area contributed by atoms with Crippen molar-refractivity contribution in [1.82, 2.24) is 0 Å². The van der Waals surface area contributed by atoms with E-state index >= 15 is 0 Å². The molecule has 0 aliphatic carbocycles. The molecule has 0 saturated heterocycles. The van der Waals surface area contributed by atoms with Gasteiger partial charge in [0.1, 0.15) is 5.75 Å². The minimum Gasteiger partial charge on any atom is -0.483 e. The van der Waals surface area contributed by atoms with E-state index in [1.54, 1.807) is 24.3 Å². The van der Waals surface area contributed by atoms with E-state index in [0.717, 1.165) is 11.1 Å². The Morgan fingerprint density at radius 3 is 2.71 bits per heavy atom. The monoisotopic (exact) mass is 304 g/mol. The Balaban J connectivity index is 1.97. The van der Waals surface area contributed by atoms with E-state index in [0.29, 0.717) is 22.1 Å². The number of carbonyl (C=O) groups is 1. The van der Waals surface area contributed by atoms with Gasteiger partial charge in [-0.25, -0.2) is 0 Å². The lowest BCUT2D eigenvalue weighted by molar-refractivity contribution is -0.118. The summed E-state index contributed by atoms with van der Waals surface area (Å²) in [4.78, 5) is 11.9. The zero-order valence-corrected chi connectivity index (χ0v) is 12.7. The molecule has 1 amide bonds. The maximum atomic E-state index is 11.9. The number of nitrogen functional groups attached to an aromatic ring is 1. The molecule has 0 bridgehead atoms. The largest absolute Gasteiger partial charge is 0.483 e. The molecule has 0 unspecified atom stereocenters. The van der Waals surface area contributed by atoms with Gasteiger partial charge in [-0.15, -0.1) is 0 Å². The molecule has 0 aliphatic rings. The Kier molecular flexibility index (Phi) is 4.70. The number of anilines is 2. The fourth-order valence-corrected chi connectivity index (χ4v) is 2.06. The third kappa shape index (κ3) is 4.13. The van der Waals surface area contributed by atoms with Gasteiger partial charge in [0, 0.05) is 16.4 Å². The van der Waals surface area contributed by atoms with E-state index in [-0.39, 0.29) is 12.5 Å². The van der Waals surface area contributed by atoms with Crippen molar-refractivity contribution in [2.24, 2.45) is 0 Å². The van der Waals surface area contributed by atoms with Gasteiger partial charge in [0.2, 0.25) is 0 Å². The van der Waals surface area contributed by atoms with Gasteiger partial charge < -0.3 is 15.8 Å². The number of hydrogen-bond acceptors (Lipinski definition) is 3. The van der Waals surface area contributed by atoms with E-state index in [1.807, 2.05) is 26.0 Å². The van der Waals surface area contributed by atoms with Crippen molar-refractivity contribution < 1.29 is 9.53 Å². The van der Waals surface area contributed by atoms with E-state index in [4.69, 9.17) is 22.1 Å². The molecule has 3 N–H and O–H groups in total. The van der Waals surface area contributed by atoms with Crippen LogP contribution in [-0.2, 0) is 4.79 Å². The summed E-state index contributed by atoms with van der Waals surface area (Å²) in [5.41, 5.74) is 8.98. The van der Waals surface area contributed by atoms with Crippen LogP contribution >= 0.6 is 11.6 Å². The lowest BCUT2D eigenvalue weighted by Crippen LogP contribution is -2.20. The van der Waals surface area contributed by atoms with E-state index in [1.165, 1.54) is 0 Å². The Labute approximate surface area is 128 Å². The summed E-state index contributed by atoms with van der Waals surface area (Å²) >= 11 is 5.86. The van der Waals surface area contributed by atoms with Gasteiger partial charge in [0.15, 0.2) is 6.61 Å². The molecule has 0 atom stereocenters. The number of aryl methyl sites for hydroxylation is 2. The molecule has 0 aliphatic heterocycles. The molecular formula is C16H17ClN2O2. The number of ether oxygens (including phenoxy) is 1. The summed E-state index contributed by atoms with van der Waals surface area (Å²) in [5, 5.41) is 3.29. The molecule has 2 rings (SSSR count). The molecule has 0 heterocycles. The van der Waals surface area contributed by atoms with Crippen molar-refractivity contribution in [1.29, 1.82) is 0 Å². The molecular weight excluding hydrogens is 288 g/mol. The fraction of sp³-hybridized carbons (Fsp3) is 0.188. The topological polar surface area (TPSA) is 64.3 Å². The van der Waals surface area contributed by atoms with Crippen LogP contribution in [0, 0.1) is 13.8 Å². The van der Waals surface area contributed by atoms with Crippen LogP contribution in [-0.4, -0.2) is 12.5 Å². The van der Waals surface area contributed by atoms with E-state index < -0.39 is 0 Å². The predicted molar refractivity (Wildman–Crippen MR) is 85.9 cm³/mol. The number of rotatable bonds is 4. The smallest absolute Gasteiger partial charge is 0.262 e. The quantitative estimate of drug-likeness (QED) is 0.849. The lowest BCUT2D eigenvalue weighted by Gasteiger charge is -2.12. The Bertz CT molecular complexity index is 671. The molecule has 0 radical (unpaired) electrons. The highest BCUT2D eigenvalue weighted by Gasteiger charge is 2.07. The number of amides is 1. The highest BCUT2D eigenvalue weighted by Crippen LogP contribution is 2.24. The number of benzene rings is 2. The molecule has 2 aromatic carbocycles. The first-order chi connectivity index (χ1) is 9.95. The summed E-state index contributed by atoms with van der Waals surface area (Å²) in [5.74, 6) is 0.411. The summed E-state index contributed by atoms with van der Waals surface area (Å²) < 4.78 is 5.54. The van der Waals surface area contributed by atoms with Gasteiger partial charge >= 0.3 is 0 Å². The first-order valence-electron chi connectivity index (χ1n) is 6.50. The number of hydrogen-bond donors (Lipinski definition) is 2. The third-order valence-electron chi connectivity index (χ3n) is 3.03. The Morgan fingerprint density at radius 1 is 1.24 bits per heavy atom. The molecule has 0 aromatic heterocycles. The highest BCUT2D eigenvalue weighted by atomic mass is 35.5.